The molecule has 0 radical (unpaired) electrons. The highest BCUT2D eigenvalue weighted by atomic mass is 16.1. The SMILES string of the molecule is N#Cc1ccc(NC(=O)Cc2ccccc2-c2cccc(C#N)c2)cc1. The van der Waals surface area contributed by atoms with Crippen molar-refractivity contribution in [3.05, 3.63) is 89.5 Å². The minimum absolute atomic E-state index is 0.140. The van der Waals surface area contributed by atoms with Gasteiger partial charge in [-0.15, -0.1) is 0 Å². The summed E-state index contributed by atoms with van der Waals surface area (Å²) in [7, 11) is 0. The number of carbonyl (C=O) groups excluding carboxylic acids is 1. The van der Waals surface area contributed by atoms with Gasteiger partial charge in [-0.3, -0.25) is 4.79 Å². The van der Waals surface area contributed by atoms with Gasteiger partial charge in [0.1, 0.15) is 0 Å². The highest BCUT2D eigenvalue weighted by Crippen LogP contribution is 2.25. The molecule has 0 aliphatic heterocycles. The van der Waals surface area contributed by atoms with E-state index in [1.54, 1.807) is 30.3 Å². The van der Waals surface area contributed by atoms with E-state index in [9.17, 15) is 4.79 Å². The number of amides is 1. The van der Waals surface area contributed by atoms with Crippen LogP contribution in [-0.2, 0) is 11.2 Å². The maximum absolute atomic E-state index is 12.4. The minimum Gasteiger partial charge on any atom is -0.326 e. The summed E-state index contributed by atoms with van der Waals surface area (Å²) in [5.74, 6) is -0.140. The number of benzene rings is 3. The lowest BCUT2D eigenvalue weighted by Gasteiger charge is -2.11. The number of rotatable bonds is 4. The van der Waals surface area contributed by atoms with Gasteiger partial charge in [-0.05, 0) is 53.1 Å². The summed E-state index contributed by atoms with van der Waals surface area (Å²) < 4.78 is 0. The highest BCUT2D eigenvalue weighted by Gasteiger charge is 2.10. The van der Waals surface area contributed by atoms with E-state index in [-0.39, 0.29) is 12.3 Å². The van der Waals surface area contributed by atoms with Gasteiger partial charge in [0.05, 0.1) is 29.7 Å². The van der Waals surface area contributed by atoms with E-state index in [0.717, 1.165) is 16.7 Å². The Bertz CT molecular complexity index is 1020. The molecule has 0 aliphatic carbocycles. The molecule has 0 fully saturated rings. The number of hydrogen-bond donors (Lipinski definition) is 1. The molecule has 3 aromatic rings. The van der Waals surface area contributed by atoms with Gasteiger partial charge in [0, 0.05) is 5.69 Å². The van der Waals surface area contributed by atoms with Crippen LogP contribution in [0.2, 0.25) is 0 Å². The summed E-state index contributed by atoms with van der Waals surface area (Å²) in [5.41, 5.74) is 4.50. The summed E-state index contributed by atoms with van der Waals surface area (Å²) in [6.07, 6.45) is 0.215. The fraction of sp³-hybridized carbons (Fsp3) is 0.0455. The van der Waals surface area contributed by atoms with E-state index in [2.05, 4.69) is 11.4 Å². The van der Waals surface area contributed by atoms with Crippen LogP contribution in [0.4, 0.5) is 5.69 Å². The summed E-state index contributed by atoms with van der Waals surface area (Å²) in [4.78, 5) is 12.4. The van der Waals surface area contributed by atoms with Crippen molar-refractivity contribution < 1.29 is 4.79 Å². The van der Waals surface area contributed by atoms with Crippen LogP contribution in [0.1, 0.15) is 16.7 Å². The molecule has 26 heavy (non-hydrogen) atoms. The van der Waals surface area contributed by atoms with Gasteiger partial charge in [-0.1, -0.05) is 36.4 Å². The highest BCUT2D eigenvalue weighted by molar-refractivity contribution is 5.93. The predicted octanol–water partition coefficient (Wildman–Crippen LogP) is 4.28. The molecule has 0 saturated heterocycles. The molecule has 3 rings (SSSR count). The van der Waals surface area contributed by atoms with Crippen LogP contribution in [0, 0.1) is 22.7 Å². The topological polar surface area (TPSA) is 76.7 Å². The summed E-state index contributed by atoms with van der Waals surface area (Å²) in [6.45, 7) is 0. The summed E-state index contributed by atoms with van der Waals surface area (Å²) >= 11 is 0. The summed E-state index contributed by atoms with van der Waals surface area (Å²) in [6, 6.07) is 25.9. The van der Waals surface area contributed by atoms with Crippen molar-refractivity contribution >= 4 is 11.6 Å². The lowest BCUT2D eigenvalue weighted by Crippen LogP contribution is -2.14. The standard InChI is InChI=1S/C22H15N3O/c23-14-16-8-10-20(11-9-16)25-22(26)13-19-5-1-2-7-21(19)18-6-3-4-17(12-18)15-24/h1-12H,13H2,(H,25,26). The average molecular weight is 337 g/mol. The maximum Gasteiger partial charge on any atom is 0.228 e. The van der Waals surface area contributed by atoms with Crippen LogP contribution in [0.15, 0.2) is 72.8 Å². The first-order valence-electron chi connectivity index (χ1n) is 8.08. The first-order valence-corrected chi connectivity index (χ1v) is 8.08. The first kappa shape index (κ1) is 17.0. The van der Waals surface area contributed by atoms with Crippen molar-refractivity contribution in [2.24, 2.45) is 0 Å². The first-order chi connectivity index (χ1) is 12.7. The zero-order valence-electron chi connectivity index (χ0n) is 13.9. The number of nitrogens with one attached hydrogen (secondary N) is 1. The Morgan fingerprint density at radius 1 is 0.846 bits per heavy atom. The lowest BCUT2D eigenvalue weighted by molar-refractivity contribution is -0.115. The van der Waals surface area contributed by atoms with E-state index in [1.165, 1.54) is 0 Å². The van der Waals surface area contributed by atoms with E-state index in [0.29, 0.717) is 16.8 Å². The quantitative estimate of drug-likeness (QED) is 0.772. The van der Waals surface area contributed by atoms with Gasteiger partial charge < -0.3 is 5.32 Å². The van der Waals surface area contributed by atoms with Crippen molar-refractivity contribution in [1.29, 1.82) is 10.5 Å². The van der Waals surface area contributed by atoms with E-state index < -0.39 is 0 Å². The Hall–Kier alpha value is -3.89. The minimum atomic E-state index is -0.140. The zero-order chi connectivity index (χ0) is 18.4. The molecule has 0 bridgehead atoms. The second-order valence-corrected chi connectivity index (χ2v) is 5.76. The van der Waals surface area contributed by atoms with Crippen LogP contribution in [0.5, 0.6) is 0 Å². The molecule has 4 heteroatoms. The molecule has 0 spiro atoms. The van der Waals surface area contributed by atoms with Gasteiger partial charge >= 0.3 is 0 Å². The van der Waals surface area contributed by atoms with Gasteiger partial charge in [-0.25, -0.2) is 0 Å². The van der Waals surface area contributed by atoms with Crippen LogP contribution < -0.4 is 5.32 Å². The van der Waals surface area contributed by atoms with Crippen molar-refractivity contribution in [3.63, 3.8) is 0 Å². The van der Waals surface area contributed by atoms with E-state index >= 15 is 0 Å². The Labute approximate surface area is 152 Å². The Balaban J connectivity index is 1.80. The fourth-order valence-electron chi connectivity index (χ4n) is 2.72. The van der Waals surface area contributed by atoms with Crippen LogP contribution in [-0.4, -0.2) is 5.91 Å². The zero-order valence-corrected chi connectivity index (χ0v) is 13.9. The number of nitriles is 2. The number of carbonyl (C=O) groups is 1. The fourth-order valence-corrected chi connectivity index (χ4v) is 2.72. The molecule has 0 unspecified atom stereocenters. The maximum atomic E-state index is 12.4. The third-order valence-electron chi connectivity index (χ3n) is 3.97. The predicted molar refractivity (Wildman–Crippen MR) is 100 cm³/mol. The van der Waals surface area contributed by atoms with Crippen molar-refractivity contribution in [3.8, 4) is 23.3 Å². The molecule has 3 aromatic carbocycles. The third-order valence-corrected chi connectivity index (χ3v) is 3.97. The van der Waals surface area contributed by atoms with Crippen LogP contribution in [0.3, 0.4) is 0 Å². The molecule has 1 amide bonds. The molecule has 0 saturated carbocycles. The molecule has 124 valence electrons. The average Bonchev–Trinajstić information content (AvgIpc) is 2.69. The molecule has 4 nitrogen and oxygen atoms in total. The largest absolute Gasteiger partial charge is 0.326 e. The molecule has 1 N–H and O–H groups in total. The monoisotopic (exact) mass is 337 g/mol. The molecular formula is C22H15N3O. The summed E-state index contributed by atoms with van der Waals surface area (Å²) in [5, 5.41) is 20.8. The van der Waals surface area contributed by atoms with Crippen LogP contribution >= 0.6 is 0 Å². The number of nitrogens with zero attached hydrogens (tertiary/aromatic N) is 2. The van der Waals surface area contributed by atoms with Crippen molar-refractivity contribution in [1.82, 2.24) is 0 Å². The van der Waals surface area contributed by atoms with Crippen molar-refractivity contribution in [2.75, 3.05) is 5.32 Å². The second kappa shape index (κ2) is 7.79. The van der Waals surface area contributed by atoms with Gasteiger partial charge in [0.25, 0.3) is 0 Å². The Morgan fingerprint density at radius 2 is 1.58 bits per heavy atom. The smallest absolute Gasteiger partial charge is 0.228 e. The third kappa shape index (κ3) is 3.95. The van der Waals surface area contributed by atoms with Gasteiger partial charge in [-0.2, -0.15) is 10.5 Å². The van der Waals surface area contributed by atoms with E-state index in [1.807, 2.05) is 48.5 Å². The molecule has 0 aliphatic rings. The van der Waals surface area contributed by atoms with Crippen LogP contribution in [0.25, 0.3) is 11.1 Å². The van der Waals surface area contributed by atoms with E-state index in [4.69, 9.17) is 10.5 Å². The second-order valence-electron chi connectivity index (χ2n) is 5.76. The number of hydrogen-bond acceptors (Lipinski definition) is 3. The number of anilines is 1. The molecule has 0 atom stereocenters. The van der Waals surface area contributed by atoms with Gasteiger partial charge in [0.2, 0.25) is 5.91 Å². The molecule has 0 heterocycles. The molecule has 0 aromatic heterocycles. The van der Waals surface area contributed by atoms with Crippen molar-refractivity contribution in [2.45, 2.75) is 6.42 Å². The Morgan fingerprint density at radius 3 is 2.31 bits per heavy atom. The van der Waals surface area contributed by atoms with Gasteiger partial charge in [0.15, 0.2) is 0 Å². The normalized spacial score (nSPS) is 9.77. The molecular weight excluding hydrogens is 322 g/mol. The lowest BCUT2D eigenvalue weighted by atomic mass is 9.96. The Kier molecular flexibility index (Phi) is 5.08.